The first-order valence-corrected chi connectivity index (χ1v) is 13.2. The zero-order valence-corrected chi connectivity index (χ0v) is 20.9. The van der Waals surface area contributed by atoms with E-state index in [4.69, 9.17) is 11.5 Å². The standard InChI is InChI=1S/C24H36N6O3S/c1-29(2)20-12-7-11-19-18(20)10-8-14-22(19)34(32,33)28-24(26)27-15-9-13-21(23(25)31)30-16-5-3-4-6-17-30/h7-8,10-12,14,21H,3-6,9,13,15-17H2,1-2H3,(H2,25,31)(H3,26,27,28)/t21-/m0/s1. The first kappa shape index (κ1) is 25.8. The zero-order valence-electron chi connectivity index (χ0n) is 20.0. The minimum atomic E-state index is -3.92. The highest BCUT2D eigenvalue weighted by molar-refractivity contribution is 7.90. The van der Waals surface area contributed by atoms with Crippen molar-refractivity contribution in [3.63, 3.8) is 0 Å². The largest absolute Gasteiger partial charge is 0.377 e. The summed E-state index contributed by atoms with van der Waals surface area (Å²) >= 11 is 0. The molecule has 0 aliphatic carbocycles. The van der Waals surface area contributed by atoms with Gasteiger partial charge in [-0.15, -0.1) is 0 Å². The maximum atomic E-state index is 13.1. The maximum absolute atomic E-state index is 13.1. The fourth-order valence-electron chi connectivity index (χ4n) is 4.51. The lowest BCUT2D eigenvalue weighted by Crippen LogP contribution is -2.45. The molecule has 186 valence electrons. The van der Waals surface area contributed by atoms with Gasteiger partial charge in [-0.2, -0.15) is 0 Å². The molecule has 1 heterocycles. The Balaban J connectivity index is 1.65. The number of carbonyl (C=O) groups is 1. The SMILES string of the molecule is CN(C)c1cccc2c(S(=O)(=O)NC(N)=NCCC[C@@H](C(N)=O)N3CCCCCC3)cccc12. The summed E-state index contributed by atoms with van der Waals surface area (Å²) in [5.74, 6) is -0.501. The van der Waals surface area contributed by atoms with E-state index in [1.807, 2.05) is 37.2 Å². The van der Waals surface area contributed by atoms with Crippen molar-refractivity contribution in [2.75, 3.05) is 38.6 Å². The summed E-state index contributed by atoms with van der Waals surface area (Å²) in [5.41, 5.74) is 12.5. The van der Waals surface area contributed by atoms with Crippen LogP contribution in [0.2, 0.25) is 0 Å². The summed E-state index contributed by atoms with van der Waals surface area (Å²) in [7, 11) is -0.101. The van der Waals surface area contributed by atoms with Crippen molar-refractivity contribution >= 4 is 38.3 Å². The van der Waals surface area contributed by atoms with Gasteiger partial charge in [0.15, 0.2) is 0 Å². The van der Waals surface area contributed by atoms with Crippen LogP contribution in [0.25, 0.3) is 10.8 Å². The Bertz CT molecular complexity index is 1120. The number of benzene rings is 2. The van der Waals surface area contributed by atoms with Gasteiger partial charge >= 0.3 is 0 Å². The smallest absolute Gasteiger partial charge is 0.264 e. The van der Waals surface area contributed by atoms with Crippen LogP contribution >= 0.6 is 0 Å². The number of anilines is 1. The Morgan fingerprint density at radius 2 is 1.71 bits per heavy atom. The quantitative estimate of drug-likeness (QED) is 0.281. The van der Waals surface area contributed by atoms with Crippen molar-refractivity contribution in [1.29, 1.82) is 0 Å². The van der Waals surface area contributed by atoms with Crippen LogP contribution < -0.4 is 21.1 Å². The molecule has 1 aliphatic heterocycles. The van der Waals surface area contributed by atoms with E-state index < -0.39 is 10.0 Å². The van der Waals surface area contributed by atoms with Gasteiger partial charge in [-0.25, -0.2) is 13.1 Å². The number of guanidine groups is 1. The van der Waals surface area contributed by atoms with E-state index in [-0.39, 0.29) is 22.8 Å². The van der Waals surface area contributed by atoms with E-state index in [2.05, 4.69) is 14.6 Å². The van der Waals surface area contributed by atoms with Crippen molar-refractivity contribution in [2.45, 2.75) is 49.5 Å². The van der Waals surface area contributed by atoms with Gasteiger partial charge in [0.1, 0.15) is 0 Å². The molecule has 1 amide bonds. The van der Waals surface area contributed by atoms with Crippen LogP contribution in [0, 0.1) is 0 Å². The van der Waals surface area contributed by atoms with Gasteiger partial charge in [0, 0.05) is 37.1 Å². The average molecular weight is 489 g/mol. The highest BCUT2D eigenvalue weighted by atomic mass is 32.2. The predicted octanol–water partition coefficient (Wildman–Crippen LogP) is 2.01. The third kappa shape index (κ3) is 6.38. The van der Waals surface area contributed by atoms with Gasteiger partial charge in [-0.05, 0) is 50.9 Å². The van der Waals surface area contributed by atoms with Gasteiger partial charge in [0.2, 0.25) is 11.9 Å². The molecule has 0 unspecified atom stereocenters. The van der Waals surface area contributed by atoms with Crippen LogP contribution in [0.3, 0.4) is 0 Å². The fraction of sp³-hybridized carbons (Fsp3) is 0.500. The average Bonchev–Trinajstić information content (AvgIpc) is 3.06. The molecule has 1 atom stereocenters. The first-order chi connectivity index (χ1) is 16.2. The van der Waals surface area contributed by atoms with E-state index in [0.717, 1.165) is 37.0 Å². The highest BCUT2D eigenvalue weighted by Gasteiger charge is 2.24. The van der Waals surface area contributed by atoms with Crippen LogP contribution in [0.1, 0.15) is 38.5 Å². The van der Waals surface area contributed by atoms with Crippen LogP contribution in [0.4, 0.5) is 5.69 Å². The Kier molecular flexibility index (Phi) is 8.73. The minimum Gasteiger partial charge on any atom is -0.377 e. The molecule has 0 radical (unpaired) electrons. The number of primary amides is 1. The van der Waals surface area contributed by atoms with Crippen molar-refractivity contribution in [3.05, 3.63) is 36.4 Å². The predicted molar refractivity (Wildman–Crippen MR) is 137 cm³/mol. The van der Waals surface area contributed by atoms with Crippen LogP contribution in [0.5, 0.6) is 0 Å². The number of hydrogen-bond acceptors (Lipinski definition) is 6. The van der Waals surface area contributed by atoms with Crippen molar-refractivity contribution in [2.24, 2.45) is 16.5 Å². The molecule has 0 aromatic heterocycles. The zero-order chi connectivity index (χ0) is 24.7. The van der Waals surface area contributed by atoms with Gasteiger partial charge in [-0.3, -0.25) is 14.7 Å². The van der Waals surface area contributed by atoms with Crippen molar-refractivity contribution < 1.29 is 13.2 Å². The molecular formula is C24H36N6O3S. The minimum absolute atomic E-state index is 0.141. The fourth-order valence-corrected chi connectivity index (χ4v) is 5.68. The Hall–Kier alpha value is -2.85. The van der Waals surface area contributed by atoms with Gasteiger partial charge in [0.05, 0.1) is 10.9 Å². The second kappa shape index (κ2) is 11.5. The summed E-state index contributed by atoms with van der Waals surface area (Å²) in [6.07, 6.45) is 5.64. The number of hydrogen-bond donors (Lipinski definition) is 3. The van der Waals surface area contributed by atoms with Gasteiger partial charge in [0.25, 0.3) is 10.0 Å². The number of nitrogens with one attached hydrogen (secondary N) is 1. The molecule has 3 rings (SSSR count). The number of nitrogens with two attached hydrogens (primary N) is 2. The van der Waals surface area contributed by atoms with E-state index >= 15 is 0 Å². The van der Waals surface area contributed by atoms with Crippen LogP contribution in [-0.2, 0) is 14.8 Å². The van der Waals surface area contributed by atoms with Crippen molar-refractivity contribution in [3.8, 4) is 0 Å². The summed E-state index contributed by atoms with van der Waals surface area (Å²) in [5, 5.41) is 1.44. The number of rotatable bonds is 9. The maximum Gasteiger partial charge on any atom is 0.264 e. The lowest BCUT2D eigenvalue weighted by atomic mass is 10.1. The van der Waals surface area contributed by atoms with E-state index in [1.54, 1.807) is 18.2 Å². The van der Waals surface area contributed by atoms with Gasteiger partial charge in [-0.1, -0.05) is 37.1 Å². The normalized spacial score (nSPS) is 16.7. The van der Waals surface area contributed by atoms with Crippen LogP contribution in [0.15, 0.2) is 46.3 Å². The lowest BCUT2D eigenvalue weighted by molar-refractivity contribution is -0.123. The summed E-state index contributed by atoms with van der Waals surface area (Å²) in [4.78, 5) is 20.4. The number of nitrogens with zero attached hydrogens (tertiary/aromatic N) is 3. The molecule has 5 N–H and O–H groups in total. The van der Waals surface area contributed by atoms with Crippen molar-refractivity contribution in [1.82, 2.24) is 9.62 Å². The molecule has 2 aromatic carbocycles. The Morgan fingerprint density at radius 3 is 2.35 bits per heavy atom. The second-order valence-electron chi connectivity index (χ2n) is 8.91. The molecule has 0 saturated carbocycles. The van der Waals surface area contributed by atoms with Crippen LogP contribution in [-0.4, -0.2) is 65.0 Å². The Labute approximate surface area is 202 Å². The number of sulfonamides is 1. The Morgan fingerprint density at radius 1 is 1.06 bits per heavy atom. The molecule has 1 fully saturated rings. The summed E-state index contributed by atoms with van der Waals surface area (Å²) in [6.45, 7) is 2.05. The number of likely N-dealkylation sites (tertiary alicyclic amines) is 1. The molecule has 2 aromatic rings. The van der Waals surface area contributed by atoms with E-state index in [9.17, 15) is 13.2 Å². The summed E-state index contributed by atoms with van der Waals surface area (Å²) < 4.78 is 28.5. The molecular weight excluding hydrogens is 452 g/mol. The molecule has 0 bridgehead atoms. The second-order valence-corrected chi connectivity index (χ2v) is 10.6. The molecule has 1 saturated heterocycles. The molecule has 0 spiro atoms. The van der Waals surface area contributed by atoms with Gasteiger partial charge < -0.3 is 16.4 Å². The highest BCUT2D eigenvalue weighted by Crippen LogP contribution is 2.30. The molecule has 1 aliphatic rings. The number of aliphatic imine (C=N–C) groups is 1. The lowest BCUT2D eigenvalue weighted by Gasteiger charge is -2.28. The third-order valence-corrected chi connectivity index (χ3v) is 7.61. The third-order valence-electron chi connectivity index (χ3n) is 6.20. The van der Waals surface area contributed by atoms with E-state index in [1.165, 1.54) is 12.8 Å². The number of fused-ring (bicyclic) bond motifs is 1. The molecule has 9 nitrogen and oxygen atoms in total. The van der Waals surface area contributed by atoms with E-state index in [0.29, 0.717) is 24.8 Å². The topological polar surface area (TPSA) is 134 Å². The monoisotopic (exact) mass is 488 g/mol. The molecule has 34 heavy (non-hydrogen) atoms. The summed E-state index contributed by atoms with van der Waals surface area (Å²) in [6, 6.07) is 10.4. The molecule has 10 heteroatoms. The number of carbonyl (C=O) groups excluding carboxylic acids is 1. The number of amides is 1. The first-order valence-electron chi connectivity index (χ1n) is 11.8.